The smallest absolute Gasteiger partial charge is 0.133 e. The van der Waals surface area contributed by atoms with Crippen LogP contribution >= 0.6 is 0 Å². The van der Waals surface area contributed by atoms with Gasteiger partial charge in [-0.2, -0.15) is 5.26 Å². The third-order valence-electron chi connectivity index (χ3n) is 1.18. The highest BCUT2D eigenvalue weighted by Crippen LogP contribution is 2.00. The van der Waals surface area contributed by atoms with Gasteiger partial charge in [-0.15, -0.1) is 0 Å². The Hall–Kier alpha value is -1.23. The van der Waals surface area contributed by atoms with Gasteiger partial charge in [0.05, 0.1) is 6.07 Å². The van der Waals surface area contributed by atoms with Crippen molar-refractivity contribution in [2.75, 3.05) is 0 Å². The van der Waals surface area contributed by atoms with Gasteiger partial charge in [-0.05, 0) is 18.6 Å². The average Bonchev–Trinajstić information content (AvgIpc) is 1.90. The van der Waals surface area contributed by atoms with E-state index in [0.29, 0.717) is 0 Å². The lowest BCUT2D eigenvalue weighted by atomic mass is 10.2. The van der Waals surface area contributed by atoms with Crippen LogP contribution in [0.1, 0.15) is 6.92 Å². The van der Waals surface area contributed by atoms with Crippen LogP contribution in [-0.4, -0.2) is 6.04 Å². The van der Waals surface area contributed by atoms with E-state index in [1.165, 1.54) is 0 Å². The summed E-state index contributed by atoms with van der Waals surface area (Å²) >= 11 is 0. The molecule has 0 fully saturated rings. The highest BCUT2D eigenvalue weighted by Gasteiger charge is 2.01. The fourth-order valence-electron chi connectivity index (χ4n) is 0.653. The molecule has 1 heterocycles. The maximum atomic E-state index is 8.38. The number of allylic oxidation sites excluding steroid dienone is 2. The Labute approximate surface area is 54.5 Å². The van der Waals surface area contributed by atoms with Crippen molar-refractivity contribution in [3.63, 3.8) is 0 Å². The summed E-state index contributed by atoms with van der Waals surface area (Å²) in [7, 11) is 0. The number of nitriles is 1. The van der Waals surface area contributed by atoms with E-state index in [4.69, 9.17) is 5.26 Å². The maximum Gasteiger partial charge on any atom is 0.133 e. The minimum atomic E-state index is -0.131. The van der Waals surface area contributed by atoms with Gasteiger partial charge in [-0.25, -0.2) is 0 Å². The molecule has 1 aliphatic heterocycles. The third-order valence-corrected chi connectivity index (χ3v) is 1.18. The monoisotopic (exact) mass is 120 g/mol. The number of dihydropyridines is 1. The molecule has 0 saturated heterocycles. The van der Waals surface area contributed by atoms with Gasteiger partial charge in [0, 0.05) is 6.20 Å². The minimum absolute atomic E-state index is 0.131. The first-order valence-electron chi connectivity index (χ1n) is 2.83. The zero-order valence-corrected chi connectivity index (χ0v) is 5.26. The van der Waals surface area contributed by atoms with E-state index in [-0.39, 0.29) is 6.04 Å². The van der Waals surface area contributed by atoms with Crippen LogP contribution in [0.15, 0.2) is 23.9 Å². The Morgan fingerprint density at radius 2 is 2.56 bits per heavy atom. The second kappa shape index (κ2) is 2.36. The summed E-state index contributed by atoms with van der Waals surface area (Å²) < 4.78 is 0. The van der Waals surface area contributed by atoms with Crippen LogP contribution < -0.4 is 5.32 Å². The molecule has 1 atom stereocenters. The highest BCUT2D eigenvalue weighted by atomic mass is 14.9. The predicted molar refractivity (Wildman–Crippen MR) is 35.4 cm³/mol. The Kier molecular flexibility index (Phi) is 1.55. The fourth-order valence-corrected chi connectivity index (χ4v) is 0.653. The van der Waals surface area contributed by atoms with Crippen molar-refractivity contribution in [1.82, 2.24) is 5.32 Å². The summed E-state index contributed by atoms with van der Waals surface area (Å²) in [5, 5.41) is 11.3. The van der Waals surface area contributed by atoms with E-state index in [2.05, 4.69) is 11.4 Å². The van der Waals surface area contributed by atoms with E-state index >= 15 is 0 Å². The van der Waals surface area contributed by atoms with Crippen molar-refractivity contribution in [2.45, 2.75) is 13.0 Å². The summed E-state index contributed by atoms with van der Waals surface area (Å²) in [6.07, 6.45) is 5.62. The zero-order valence-electron chi connectivity index (χ0n) is 5.26. The van der Waals surface area contributed by atoms with Gasteiger partial charge >= 0.3 is 0 Å². The van der Waals surface area contributed by atoms with Gasteiger partial charge in [0.2, 0.25) is 0 Å². The van der Waals surface area contributed by atoms with Gasteiger partial charge in [0.1, 0.15) is 6.04 Å². The highest BCUT2D eigenvalue weighted by molar-refractivity contribution is 5.25. The molecule has 1 rings (SSSR count). The topological polar surface area (TPSA) is 35.8 Å². The van der Waals surface area contributed by atoms with E-state index in [9.17, 15) is 0 Å². The summed E-state index contributed by atoms with van der Waals surface area (Å²) in [5.74, 6) is 0. The van der Waals surface area contributed by atoms with Crippen LogP contribution in [0.3, 0.4) is 0 Å². The van der Waals surface area contributed by atoms with Crippen LogP contribution in [0.25, 0.3) is 0 Å². The lowest BCUT2D eigenvalue weighted by Gasteiger charge is -2.08. The average molecular weight is 120 g/mol. The lowest BCUT2D eigenvalue weighted by Crippen LogP contribution is -2.22. The summed E-state index contributed by atoms with van der Waals surface area (Å²) in [6.45, 7) is 1.98. The molecular formula is C7H8N2. The normalized spacial score (nSPS) is 24.0. The Balaban J connectivity index is 2.61. The van der Waals surface area contributed by atoms with Crippen molar-refractivity contribution in [1.29, 1.82) is 5.26 Å². The molecule has 2 heteroatoms. The second-order valence-electron chi connectivity index (χ2n) is 2.02. The first kappa shape index (κ1) is 5.90. The van der Waals surface area contributed by atoms with Crippen molar-refractivity contribution >= 4 is 0 Å². The lowest BCUT2D eigenvalue weighted by molar-refractivity contribution is 0.830. The molecule has 0 aliphatic carbocycles. The van der Waals surface area contributed by atoms with Gasteiger partial charge in [-0.1, -0.05) is 6.08 Å². The molecule has 0 amide bonds. The molecule has 0 spiro atoms. The number of nitrogens with one attached hydrogen (secondary N) is 1. The van der Waals surface area contributed by atoms with Gasteiger partial charge < -0.3 is 5.32 Å². The van der Waals surface area contributed by atoms with Crippen LogP contribution in [0.5, 0.6) is 0 Å². The number of hydrogen-bond donors (Lipinski definition) is 1. The van der Waals surface area contributed by atoms with Crippen LogP contribution in [0, 0.1) is 11.3 Å². The van der Waals surface area contributed by atoms with Gasteiger partial charge in [-0.3, -0.25) is 0 Å². The van der Waals surface area contributed by atoms with Gasteiger partial charge in [0.25, 0.3) is 0 Å². The minimum Gasteiger partial charge on any atom is -0.372 e. The molecular weight excluding hydrogens is 112 g/mol. The molecule has 0 saturated carbocycles. The molecule has 0 bridgehead atoms. The Morgan fingerprint density at radius 3 is 3.00 bits per heavy atom. The second-order valence-corrected chi connectivity index (χ2v) is 2.02. The van der Waals surface area contributed by atoms with E-state index < -0.39 is 0 Å². The largest absolute Gasteiger partial charge is 0.372 e. The maximum absolute atomic E-state index is 8.38. The molecule has 1 aliphatic rings. The first-order valence-corrected chi connectivity index (χ1v) is 2.83. The van der Waals surface area contributed by atoms with E-state index in [1.54, 1.807) is 0 Å². The Bertz CT molecular complexity index is 195. The predicted octanol–water partition coefficient (Wildman–Crippen LogP) is 0.942. The molecule has 2 nitrogen and oxygen atoms in total. The molecule has 1 N–H and O–H groups in total. The van der Waals surface area contributed by atoms with Crippen molar-refractivity contribution < 1.29 is 0 Å². The summed E-state index contributed by atoms with van der Waals surface area (Å²) in [5.41, 5.74) is 1.15. The Morgan fingerprint density at radius 1 is 1.78 bits per heavy atom. The van der Waals surface area contributed by atoms with Crippen molar-refractivity contribution in [3.8, 4) is 6.07 Å². The van der Waals surface area contributed by atoms with Gasteiger partial charge in [0.15, 0.2) is 0 Å². The van der Waals surface area contributed by atoms with Crippen LogP contribution in [-0.2, 0) is 0 Å². The van der Waals surface area contributed by atoms with E-state index in [0.717, 1.165) is 5.57 Å². The van der Waals surface area contributed by atoms with Crippen molar-refractivity contribution in [3.05, 3.63) is 23.9 Å². The number of rotatable bonds is 0. The molecule has 0 aromatic carbocycles. The summed E-state index contributed by atoms with van der Waals surface area (Å²) in [6, 6.07) is 1.95. The summed E-state index contributed by atoms with van der Waals surface area (Å²) in [4.78, 5) is 0. The first-order chi connectivity index (χ1) is 4.33. The molecule has 1 unspecified atom stereocenters. The molecule has 0 aromatic rings. The molecule has 0 aromatic heterocycles. The SMILES string of the molecule is CC1=CNC(C#N)C=C1. The third kappa shape index (κ3) is 1.33. The fraction of sp³-hybridized carbons (Fsp3) is 0.286. The van der Waals surface area contributed by atoms with Crippen LogP contribution in [0.2, 0.25) is 0 Å². The van der Waals surface area contributed by atoms with Crippen molar-refractivity contribution in [2.24, 2.45) is 0 Å². The molecule has 9 heavy (non-hydrogen) atoms. The number of hydrogen-bond acceptors (Lipinski definition) is 2. The van der Waals surface area contributed by atoms with Crippen LogP contribution in [0.4, 0.5) is 0 Å². The zero-order chi connectivity index (χ0) is 6.69. The number of nitrogens with zero attached hydrogens (tertiary/aromatic N) is 1. The molecule has 46 valence electrons. The molecule has 0 radical (unpaired) electrons. The van der Waals surface area contributed by atoms with E-state index in [1.807, 2.05) is 25.3 Å². The standard InChI is InChI=1S/C7H8N2/c1-6-2-3-7(4-8)9-5-6/h2-3,5,7,9H,1H3. The quantitative estimate of drug-likeness (QED) is 0.516.